The van der Waals surface area contributed by atoms with E-state index >= 15 is 0 Å². The fourth-order valence-corrected chi connectivity index (χ4v) is 1.91. The highest BCUT2D eigenvalue weighted by Gasteiger charge is 2.13. The third kappa shape index (κ3) is 2.54. The molecule has 0 spiro atoms. The average molecular weight is 238 g/mol. The molecule has 0 saturated carbocycles. The molecule has 90 valence electrons. The summed E-state index contributed by atoms with van der Waals surface area (Å²) >= 11 is 0. The molecule has 0 bridgehead atoms. The van der Waals surface area contributed by atoms with E-state index in [0.717, 1.165) is 17.4 Å². The average Bonchev–Trinajstić information content (AvgIpc) is 2.41. The number of ketones is 1. The Morgan fingerprint density at radius 1 is 1.11 bits per heavy atom. The first-order chi connectivity index (χ1) is 8.72. The van der Waals surface area contributed by atoms with Crippen LogP contribution in [0.1, 0.15) is 27.0 Å². The second-order valence-corrected chi connectivity index (χ2v) is 4.23. The van der Waals surface area contributed by atoms with Gasteiger partial charge in [-0.3, -0.25) is 4.79 Å². The summed E-state index contributed by atoms with van der Waals surface area (Å²) in [4.78, 5) is 23.0. The number of aryl methyl sites for hydroxylation is 1. The Morgan fingerprint density at radius 2 is 1.83 bits per heavy atom. The Labute approximate surface area is 106 Å². The van der Waals surface area contributed by atoms with Crippen LogP contribution >= 0.6 is 0 Å². The van der Waals surface area contributed by atoms with Crippen LogP contribution in [0, 0.1) is 6.92 Å². The maximum absolute atomic E-state index is 12.4. The Kier molecular flexibility index (Phi) is 3.68. The number of hydrogen-bond acceptors (Lipinski definition) is 2. The molecule has 2 nitrogen and oxygen atoms in total. The zero-order valence-electron chi connectivity index (χ0n) is 10.2. The van der Waals surface area contributed by atoms with Crippen LogP contribution in [0.4, 0.5) is 0 Å². The monoisotopic (exact) mass is 238 g/mol. The molecule has 0 radical (unpaired) electrons. The van der Waals surface area contributed by atoms with Crippen molar-refractivity contribution in [1.82, 2.24) is 0 Å². The maximum atomic E-state index is 12.4. The van der Waals surface area contributed by atoms with Gasteiger partial charge >= 0.3 is 0 Å². The van der Waals surface area contributed by atoms with Gasteiger partial charge in [-0.2, -0.15) is 0 Å². The Morgan fingerprint density at radius 3 is 2.50 bits per heavy atom. The van der Waals surface area contributed by atoms with Gasteiger partial charge in [0.05, 0.1) is 0 Å². The summed E-state index contributed by atoms with van der Waals surface area (Å²) in [6.07, 6.45) is 1.10. The van der Waals surface area contributed by atoms with Crippen LogP contribution in [0.2, 0.25) is 0 Å². The molecule has 2 rings (SSSR count). The lowest BCUT2D eigenvalue weighted by Gasteiger charge is -2.07. The van der Waals surface area contributed by atoms with E-state index in [1.807, 2.05) is 43.3 Å². The zero-order chi connectivity index (χ0) is 13.0. The molecule has 0 amide bonds. The van der Waals surface area contributed by atoms with Crippen molar-refractivity contribution in [3.63, 3.8) is 0 Å². The second kappa shape index (κ2) is 5.41. The largest absolute Gasteiger partial charge is 0.303 e. The lowest BCUT2D eigenvalue weighted by atomic mass is 9.95. The van der Waals surface area contributed by atoms with E-state index in [1.165, 1.54) is 0 Å². The molecule has 0 aliphatic heterocycles. The van der Waals surface area contributed by atoms with Gasteiger partial charge in [-0.25, -0.2) is 0 Å². The molecule has 0 saturated heterocycles. The molecule has 0 unspecified atom stereocenters. The van der Waals surface area contributed by atoms with E-state index in [9.17, 15) is 9.59 Å². The maximum Gasteiger partial charge on any atom is 0.193 e. The second-order valence-electron chi connectivity index (χ2n) is 4.23. The first-order valence-corrected chi connectivity index (χ1v) is 5.85. The van der Waals surface area contributed by atoms with Crippen LogP contribution < -0.4 is 0 Å². The number of benzene rings is 2. The third-order valence-electron chi connectivity index (χ3n) is 2.85. The molecule has 0 heterocycles. The summed E-state index contributed by atoms with van der Waals surface area (Å²) in [6.45, 7) is 1.94. The van der Waals surface area contributed by atoms with Crippen LogP contribution in [-0.2, 0) is 11.2 Å². The highest BCUT2D eigenvalue weighted by atomic mass is 16.1. The van der Waals surface area contributed by atoms with Gasteiger partial charge < -0.3 is 4.79 Å². The first-order valence-electron chi connectivity index (χ1n) is 5.85. The standard InChI is InChI=1S/C16H14O2/c1-12-7-8-13(9-10-17)15(11-12)16(18)14-5-3-2-4-6-14/h2-8,10-11H,9H2,1H3. The van der Waals surface area contributed by atoms with Crippen molar-refractivity contribution in [2.75, 3.05) is 0 Å². The summed E-state index contributed by atoms with van der Waals surface area (Å²) in [5.74, 6) is -0.0313. The van der Waals surface area contributed by atoms with Gasteiger partial charge in [-0.15, -0.1) is 0 Å². The fraction of sp³-hybridized carbons (Fsp3) is 0.125. The molecule has 0 aliphatic carbocycles. The van der Waals surface area contributed by atoms with E-state index in [4.69, 9.17) is 0 Å². The highest BCUT2D eigenvalue weighted by Crippen LogP contribution is 2.16. The van der Waals surface area contributed by atoms with Crippen LogP contribution in [0.25, 0.3) is 0 Å². The van der Waals surface area contributed by atoms with Crippen LogP contribution in [0.3, 0.4) is 0 Å². The third-order valence-corrected chi connectivity index (χ3v) is 2.85. The molecule has 2 aromatic carbocycles. The number of carbonyl (C=O) groups is 2. The van der Waals surface area contributed by atoms with Crippen LogP contribution in [0.15, 0.2) is 48.5 Å². The van der Waals surface area contributed by atoms with Gasteiger partial charge in [0.15, 0.2) is 5.78 Å². The van der Waals surface area contributed by atoms with E-state index in [-0.39, 0.29) is 12.2 Å². The van der Waals surface area contributed by atoms with Crippen molar-refractivity contribution < 1.29 is 9.59 Å². The Balaban J connectivity index is 2.46. The molecular formula is C16H14O2. The normalized spacial score (nSPS) is 10.1. The number of aldehydes is 1. The predicted molar refractivity (Wildman–Crippen MR) is 70.8 cm³/mol. The minimum Gasteiger partial charge on any atom is -0.303 e. The van der Waals surface area contributed by atoms with Crippen LogP contribution in [0.5, 0.6) is 0 Å². The van der Waals surface area contributed by atoms with E-state index in [0.29, 0.717) is 11.1 Å². The molecule has 0 aliphatic rings. The molecule has 0 atom stereocenters. The molecule has 2 heteroatoms. The molecule has 18 heavy (non-hydrogen) atoms. The first kappa shape index (κ1) is 12.2. The number of carbonyl (C=O) groups excluding carboxylic acids is 2. The molecule has 0 aromatic heterocycles. The highest BCUT2D eigenvalue weighted by molar-refractivity contribution is 6.10. The molecule has 0 fully saturated rings. The minimum absolute atomic E-state index is 0.0313. The minimum atomic E-state index is -0.0313. The molecule has 2 aromatic rings. The van der Waals surface area contributed by atoms with Crippen LogP contribution in [-0.4, -0.2) is 12.1 Å². The van der Waals surface area contributed by atoms with Crippen molar-refractivity contribution in [2.45, 2.75) is 13.3 Å². The number of rotatable bonds is 4. The van der Waals surface area contributed by atoms with E-state index in [2.05, 4.69) is 0 Å². The summed E-state index contributed by atoms with van der Waals surface area (Å²) in [6, 6.07) is 14.7. The van der Waals surface area contributed by atoms with Crippen molar-refractivity contribution in [3.05, 3.63) is 70.8 Å². The molecular weight excluding hydrogens is 224 g/mol. The quantitative estimate of drug-likeness (QED) is 0.606. The van der Waals surface area contributed by atoms with Crippen molar-refractivity contribution >= 4 is 12.1 Å². The van der Waals surface area contributed by atoms with E-state index < -0.39 is 0 Å². The van der Waals surface area contributed by atoms with Gasteiger partial charge in [0.1, 0.15) is 6.29 Å². The van der Waals surface area contributed by atoms with Crippen molar-refractivity contribution in [1.29, 1.82) is 0 Å². The van der Waals surface area contributed by atoms with Gasteiger partial charge in [-0.05, 0) is 18.6 Å². The summed E-state index contributed by atoms with van der Waals surface area (Å²) in [5, 5.41) is 0. The Bertz CT molecular complexity index is 571. The van der Waals surface area contributed by atoms with Crippen molar-refractivity contribution in [2.24, 2.45) is 0 Å². The lowest BCUT2D eigenvalue weighted by Crippen LogP contribution is -2.06. The summed E-state index contributed by atoms with van der Waals surface area (Å²) in [5.41, 5.74) is 3.07. The predicted octanol–water partition coefficient (Wildman–Crippen LogP) is 2.97. The van der Waals surface area contributed by atoms with Gasteiger partial charge in [-0.1, -0.05) is 48.0 Å². The van der Waals surface area contributed by atoms with E-state index in [1.54, 1.807) is 12.1 Å². The van der Waals surface area contributed by atoms with Crippen molar-refractivity contribution in [3.8, 4) is 0 Å². The van der Waals surface area contributed by atoms with Gasteiger partial charge in [0, 0.05) is 17.5 Å². The Hall–Kier alpha value is -2.22. The molecule has 0 N–H and O–H groups in total. The fourth-order valence-electron chi connectivity index (χ4n) is 1.91. The van der Waals surface area contributed by atoms with Gasteiger partial charge in [0.2, 0.25) is 0 Å². The zero-order valence-corrected chi connectivity index (χ0v) is 10.2. The summed E-state index contributed by atoms with van der Waals surface area (Å²) in [7, 11) is 0. The number of hydrogen-bond donors (Lipinski definition) is 0. The smallest absolute Gasteiger partial charge is 0.193 e. The lowest BCUT2D eigenvalue weighted by molar-refractivity contribution is -0.107. The summed E-state index contributed by atoms with van der Waals surface area (Å²) < 4.78 is 0. The van der Waals surface area contributed by atoms with Gasteiger partial charge in [0.25, 0.3) is 0 Å². The topological polar surface area (TPSA) is 34.1 Å². The SMILES string of the molecule is Cc1ccc(CC=O)c(C(=O)c2ccccc2)c1.